The highest BCUT2D eigenvalue weighted by atomic mass is 32.2. The number of methoxy groups -OCH3 is 1. The average molecular weight is 492 g/mol. The number of sulfone groups is 2. The van der Waals surface area contributed by atoms with Gasteiger partial charge in [0.15, 0.2) is 19.7 Å². The van der Waals surface area contributed by atoms with Gasteiger partial charge in [0.1, 0.15) is 5.75 Å². The number of hydrogen-bond donors (Lipinski definition) is 0. The van der Waals surface area contributed by atoms with Crippen LogP contribution in [-0.2, 0) is 26.1 Å². The molecule has 2 saturated heterocycles. The minimum Gasteiger partial charge on any atom is -0.496 e. The number of ether oxygens (including phenoxy) is 1. The lowest BCUT2D eigenvalue weighted by atomic mass is 9.89. The lowest BCUT2D eigenvalue weighted by molar-refractivity contribution is 0.144. The molecular weight excluding hydrogens is 458 g/mol. The van der Waals surface area contributed by atoms with Crippen molar-refractivity contribution in [1.29, 1.82) is 0 Å². The third-order valence-corrected chi connectivity index (χ3v) is 11.4. The molecule has 6 nitrogen and oxygen atoms in total. The second-order valence-corrected chi connectivity index (χ2v) is 13.8. The van der Waals surface area contributed by atoms with E-state index in [1.807, 2.05) is 18.2 Å². The predicted octanol–water partition coefficient (Wildman–Crippen LogP) is 3.21. The van der Waals surface area contributed by atoms with Crippen LogP contribution in [0.1, 0.15) is 29.5 Å². The second kappa shape index (κ2) is 9.39. The van der Waals surface area contributed by atoms with Gasteiger partial charge in [-0.15, -0.1) is 0 Å². The predicted molar refractivity (Wildman–Crippen MR) is 130 cm³/mol. The fourth-order valence-corrected chi connectivity index (χ4v) is 10.5. The Bertz CT molecular complexity index is 1200. The molecule has 2 atom stereocenters. The number of nitrogens with zero attached hydrogens (tertiary/aromatic N) is 1. The molecule has 0 N–H and O–H groups in total. The van der Waals surface area contributed by atoms with Crippen LogP contribution >= 0.6 is 0 Å². The highest BCUT2D eigenvalue weighted by Gasteiger charge is 2.49. The lowest BCUT2D eigenvalue weighted by Crippen LogP contribution is -2.49. The molecule has 2 aromatic rings. The zero-order chi connectivity index (χ0) is 23.8. The van der Waals surface area contributed by atoms with Gasteiger partial charge in [-0.1, -0.05) is 30.3 Å². The van der Waals surface area contributed by atoms with Crippen molar-refractivity contribution in [1.82, 2.24) is 4.90 Å². The molecule has 0 aliphatic carbocycles. The third kappa shape index (κ3) is 5.12. The van der Waals surface area contributed by atoms with Crippen molar-refractivity contribution >= 4 is 19.7 Å². The number of hydrogen-bond acceptors (Lipinski definition) is 6. The van der Waals surface area contributed by atoms with E-state index < -0.39 is 31.0 Å². The highest BCUT2D eigenvalue weighted by molar-refractivity contribution is 7.96. The molecule has 0 bridgehead atoms. The molecule has 0 unspecified atom stereocenters. The molecule has 0 saturated carbocycles. The van der Waals surface area contributed by atoms with Gasteiger partial charge in [0.05, 0.1) is 28.8 Å². The molecular formula is C25H33NO5S2. The van der Waals surface area contributed by atoms with E-state index in [4.69, 9.17) is 4.74 Å². The van der Waals surface area contributed by atoms with Gasteiger partial charge in [-0.05, 0) is 80.9 Å². The van der Waals surface area contributed by atoms with Crippen LogP contribution in [0.2, 0.25) is 0 Å². The van der Waals surface area contributed by atoms with Gasteiger partial charge in [0.25, 0.3) is 0 Å². The third-order valence-electron chi connectivity index (χ3n) is 7.15. The zero-order valence-electron chi connectivity index (χ0n) is 19.5. The molecule has 2 aliphatic heterocycles. The summed E-state index contributed by atoms with van der Waals surface area (Å²) in [7, 11) is -5.70. The van der Waals surface area contributed by atoms with Crippen molar-refractivity contribution in [3.63, 3.8) is 0 Å². The Balaban J connectivity index is 1.54. The van der Waals surface area contributed by atoms with Crippen LogP contribution in [0.4, 0.5) is 0 Å². The fraction of sp³-hybridized carbons (Fsp3) is 0.520. The maximum absolute atomic E-state index is 13.7. The maximum atomic E-state index is 13.7. The van der Waals surface area contributed by atoms with Crippen molar-refractivity contribution < 1.29 is 21.6 Å². The topological polar surface area (TPSA) is 80.8 Å². The molecule has 2 aliphatic rings. The van der Waals surface area contributed by atoms with E-state index in [2.05, 4.69) is 17.0 Å². The first-order valence-corrected chi connectivity index (χ1v) is 14.8. The smallest absolute Gasteiger partial charge is 0.184 e. The largest absolute Gasteiger partial charge is 0.496 e. The molecule has 4 rings (SSSR count). The van der Waals surface area contributed by atoms with Gasteiger partial charge in [-0.2, -0.15) is 0 Å². The van der Waals surface area contributed by atoms with E-state index >= 15 is 0 Å². The minimum absolute atomic E-state index is 0.0889. The molecule has 33 heavy (non-hydrogen) atoms. The van der Waals surface area contributed by atoms with Crippen LogP contribution in [0.15, 0.2) is 47.4 Å². The Labute approximate surface area is 197 Å². The molecule has 2 aromatic carbocycles. The van der Waals surface area contributed by atoms with Gasteiger partial charge < -0.3 is 4.74 Å². The van der Waals surface area contributed by atoms with Gasteiger partial charge in [-0.25, -0.2) is 16.8 Å². The van der Waals surface area contributed by atoms with Crippen molar-refractivity contribution in [2.75, 3.05) is 31.7 Å². The summed E-state index contributed by atoms with van der Waals surface area (Å²) in [5.74, 6) is 0.758. The maximum Gasteiger partial charge on any atom is 0.184 e. The molecule has 0 aromatic heterocycles. The number of piperidine rings is 1. The summed E-state index contributed by atoms with van der Waals surface area (Å²) in [5.41, 5.74) is 2.62. The van der Waals surface area contributed by atoms with Crippen LogP contribution in [0, 0.1) is 19.8 Å². The van der Waals surface area contributed by atoms with Gasteiger partial charge >= 0.3 is 0 Å². The van der Waals surface area contributed by atoms with Crippen molar-refractivity contribution in [3.8, 4) is 5.75 Å². The van der Waals surface area contributed by atoms with E-state index in [0.29, 0.717) is 17.2 Å². The Morgan fingerprint density at radius 2 is 1.67 bits per heavy atom. The summed E-state index contributed by atoms with van der Waals surface area (Å²) in [6.07, 6.45) is 2.89. The van der Waals surface area contributed by atoms with Gasteiger partial charge in [0.2, 0.25) is 0 Å². The number of likely N-dealkylation sites (tertiary alicyclic amines) is 1. The molecule has 0 amide bonds. The lowest BCUT2D eigenvalue weighted by Gasteiger charge is -2.37. The molecule has 2 heterocycles. The summed E-state index contributed by atoms with van der Waals surface area (Å²) in [6.45, 7) is 4.99. The quantitative estimate of drug-likeness (QED) is 0.617. The Hall–Kier alpha value is -1.90. The first-order chi connectivity index (χ1) is 15.6. The number of benzene rings is 2. The summed E-state index contributed by atoms with van der Waals surface area (Å²) < 4.78 is 58.0. The van der Waals surface area contributed by atoms with Crippen LogP contribution in [0.3, 0.4) is 0 Å². The first-order valence-electron chi connectivity index (χ1n) is 11.5. The van der Waals surface area contributed by atoms with E-state index in [1.165, 1.54) is 5.56 Å². The number of rotatable bonds is 6. The highest BCUT2D eigenvalue weighted by Crippen LogP contribution is 2.35. The summed E-state index contributed by atoms with van der Waals surface area (Å²) in [4.78, 5) is 2.33. The monoisotopic (exact) mass is 491 g/mol. The second-order valence-electron chi connectivity index (χ2n) is 9.48. The standard InChI is InChI=1S/C25H33NO5S2/c1-18-14-24(19(2)13-23(18)31-3)33(29,30)25-17-32(27,28)16-22(25)26-11-9-21(10-12-26)15-20-7-5-4-6-8-20/h4-8,13-14,21-22,25H,9-12,15-17H2,1-3H3/t22-,25-/m0/s1. The minimum atomic E-state index is -3.82. The summed E-state index contributed by atoms with van der Waals surface area (Å²) in [5, 5.41) is -0.945. The van der Waals surface area contributed by atoms with E-state index in [9.17, 15) is 16.8 Å². The van der Waals surface area contributed by atoms with E-state index in [-0.39, 0.29) is 16.4 Å². The molecule has 0 spiro atoms. The molecule has 8 heteroatoms. The average Bonchev–Trinajstić information content (AvgIpc) is 3.12. The van der Waals surface area contributed by atoms with Crippen molar-refractivity contribution in [2.45, 2.75) is 49.3 Å². The SMILES string of the molecule is COc1cc(C)c(S(=O)(=O)[C@H]2CS(=O)(=O)C[C@@H]2N2CCC(Cc3ccccc3)CC2)cc1C. The van der Waals surface area contributed by atoms with Crippen LogP contribution in [0.5, 0.6) is 5.75 Å². The van der Waals surface area contributed by atoms with Crippen LogP contribution in [0.25, 0.3) is 0 Å². The first kappa shape index (κ1) is 24.2. The van der Waals surface area contributed by atoms with E-state index in [1.54, 1.807) is 33.1 Å². The Kier molecular flexibility index (Phi) is 6.90. The number of aryl methyl sites for hydroxylation is 2. The summed E-state index contributed by atoms with van der Waals surface area (Å²) in [6, 6.07) is 13.2. The Morgan fingerprint density at radius 3 is 2.30 bits per heavy atom. The molecule has 0 radical (unpaired) electrons. The van der Waals surface area contributed by atoms with Crippen molar-refractivity contribution in [3.05, 3.63) is 59.2 Å². The van der Waals surface area contributed by atoms with Gasteiger partial charge in [-0.3, -0.25) is 4.90 Å². The Morgan fingerprint density at radius 1 is 1.00 bits per heavy atom. The van der Waals surface area contributed by atoms with Crippen LogP contribution < -0.4 is 4.74 Å². The van der Waals surface area contributed by atoms with E-state index in [0.717, 1.165) is 37.9 Å². The summed E-state index contributed by atoms with van der Waals surface area (Å²) >= 11 is 0. The fourth-order valence-electron chi connectivity index (χ4n) is 5.32. The van der Waals surface area contributed by atoms with Crippen LogP contribution in [-0.4, -0.2) is 64.7 Å². The molecule has 2 fully saturated rings. The molecule has 180 valence electrons. The zero-order valence-corrected chi connectivity index (χ0v) is 21.2. The van der Waals surface area contributed by atoms with Crippen molar-refractivity contribution in [2.24, 2.45) is 5.92 Å². The normalized spacial score (nSPS) is 24.1. The van der Waals surface area contributed by atoms with Gasteiger partial charge in [0, 0.05) is 6.04 Å².